The third kappa shape index (κ3) is 2.77. The lowest BCUT2D eigenvalue weighted by molar-refractivity contribution is -0.146. The van der Waals surface area contributed by atoms with Gasteiger partial charge in [0, 0.05) is 6.54 Å². The molecule has 5 nitrogen and oxygen atoms in total. The molecule has 1 aliphatic heterocycles. The zero-order valence-corrected chi connectivity index (χ0v) is 7.08. The Kier molecular flexibility index (Phi) is 3.99. The molecule has 0 aliphatic carbocycles. The van der Waals surface area contributed by atoms with Crippen LogP contribution >= 0.6 is 0 Å². The highest BCUT2D eigenvalue weighted by Gasteiger charge is 2.17. The molecule has 0 bridgehead atoms. The molecule has 70 valence electrons. The lowest BCUT2D eigenvalue weighted by Crippen LogP contribution is -2.50. The molecule has 3 N–H and O–H groups in total. The van der Waals surface area contributed by atoms with Crippen LogP contribution in [0.3, 0.4) is 0 Å². The summed E-state index contributed by atoms with van der Waals surface area (Å²) in [7, 11) is 0. The summed E-state index contributed by atoms with van der Waals surface area (Å²) in [5.74, 6) is -0.00160. The molecule has 5 heteroatoms. The van der Waals surface area contributed by atoms with Gasteiger partial charge in [0.25, 0.3) is 5.91 Å². The highest BCUT2D eigenvalue weighted by molar-refractivity contribution is 5.77. The topological polar surface area (TPSA) is 67.6 Å². The zero-order valence-electron chi connectivity index (χ0n) is 7.08. The van der Waals surface area contributed by atoms with Gasteiger partial charge in [-0.3, -0.25) is 9.80 Å². The third-order valence-corrected chi connectivity index (χ3v) is 1.67. The smallest absolute Gasteiger partial charge is 0.262 e. The fraction of sp³-hybridized carbons (Fsp3) is 0.857. The van der Waals surface area contributed by atoms with Crippen LogP contribution in [-0.2, 0) is 9.53 Å². The van der Waals surface area contributed by atoms with E-state index in [2.05, 4.69) is 5.43 Å². The summed E-state index contributed by atoms with van der Waals surface area (Å²) in [6, 6.07) is 0. The van der Waals surface area contributed by atoms with Crippen molar-refractivity contribution in [1.82, 2.24) is 10.4 Å². The molecule has 0 aromatic heterocycles. The van der Waals surface area contributed by atoms with Gasteiger partial charge in [-0.05, 0) is 13.0 Å². The van der Waals surface area contributed by atoms with Gasteiger partial charge in [-0.2, -0.15) is 0 Å². The summed E-state index contributed by atoms with van der Waals surface area (Å²) in [6.45, 7) is 2.83. The number of hydrogen-bond acceptors (Lipinski definition) is 4. The van der Waals surface area contributed by atoms with E-state index in [1.807, 2.05) is 0 Å². The summed E-state index contributed by atoms with van der Waals surface area (Å²) >= 11 is 0. The monoisotopic (exact) mass is 173 g/mol. The van der Waals surface area contributed by atoms with E-state index in [4.69, 9.17) is 10.5 Å². The normalized spacial score (nSPS) is 18.4. The largest absolute Gasteiger partial charge is 0.370 e. The molecular weight excluding hydrogens is 158 g/mol. The van der Waals surface area contributed by atoms with Crippen molar-refractivity contribution in [3.8, 4) is 0 Å². The number of amides is 1. The Morgan fingerprint density at radius 2 is 2.50 bits per heavy atom. The second kappa shape index (κ2) is 5.08. The second-order valence-electron chi connectivity index (χ2n) is 2.65. The van der Waals surface area contributed by atoms with Crippen molar-refractivity contribution in [3.05, 3.63) is 0 Å². The first-order chi connectivity index (χ1) is 5.84. The average Bonchev–Trinajstić information content (AvgIpc) is 2.09. The zero-order chi connectivity index (χ0) is 8.81. The predicted molar refractivity (Wildman–Crippen MR) is 44.2 cm³/mol. The van der Waals surface area contributed by atoms with Crippen LogP contribution in [0.2, 0.25) is 0 Å². The molecule has 0 unspecified atom stereocenters. The Bertz CT molecular complexity index is 152. The molecule has 0 spiro atoms. The van der Waals surface area contributed by atoms with Crippen molar-refractivity contribution in [3.63, 3.8) is 0 Å². The maximum atomic E-state index is 11.1. The maximum absolute atomic E-state index is 11.1. The third-order valence-electron chi connectivity index (χ3n) is 1.67. The molecule has 1 aliphatic rings. The highest BCUT2D eigenvalue weighted by atomic mass is 16.5. The molecule has 12 heavy (non-hydrogen) atoms. The predicted octanol–water partition coefficient (Wildman–Crippen LogP) is -1.30. The van der Waals surface area contributed by atoms with Gasteiger partial charge in [0.2, 0.25) is 0 Å². The van der Waals surface area contributed by atoms with Crippen molar-refractivity contribution in [2.45, 2.75) is 6.42 Å². The Morgan fingerprint density at radius 3 is 3.17 bits per heavy atom. The van der Waals surface area contributed by atoms with Gasteiger partial charge in [-0.25, -0.2) is 5.43 Å². The molecular formula is C7H15N3O2. The molecule has 0 atom stereocenters. The molecule has 1 fully saturated rings. The number of morpholine rings is 1. The van der Waals surface area contributed by atoms with E-state index in [1.54, 1.807) is 5.01 Å². The van der Waals surface area contributed by atoms with E-state index in [1.165, 1.54) is 0 Å². The van der Waals surface area contributed by atoms with Gasteiger partial charge < -0.3 is 10.5 Å². The van der Waals surface area contributed by atoms with E-state index < -0.39 is 0 Å². The van der Waals surface area contributed by atoms with Crippen LogP contribution in [0.5, 0.6) is 0 Å². The Balaban J connectivity index is 2.16. The lowest BCUT2D eigenvalue weighted by Gasteiger charge is -2.27. The minimum atomic E-state index is -0.00160. The van der Waals surface area contributed by atoms with Crippen LogP contribution < -0.4 is 11.2 Å². The summed E-state index contributed by atoms with van der Waals surface area (Å²) in [6.07, 6.45) is 0.880. The van der Waals surface area contributed by atoms with Gasteiger partial charge in [-0.1, -0.05) is 0 Å². The van der Waals surface area contributed by atoms with Gasteiger partial charge >= 0.3 is 0 Å². The minimum Gasteiger partial charge on any atom is -0.370 e. The summed E-state index contributed by atoms with van der Waals surface area (Å²) < 4.78 is 4.96. The molecule has 0 aromatic carbocycles. The molecule has 0 aromatic rings. The maximum Gasteiger partial charge on any atom is 0.262 e. The molecule has 0 saturated carbocycles. The van der Waals surface area contributed by atoms with Gasteiger partial charge in [0.15, 0.2) is 0 Å². The van der Waals surface area contributed by atoms with Gasteiger partial charge in [0.1, 0.15) is 6.61 Å². The number of ether oxygens (including phenoxy) is 1. The highest BCUT2D eigenvalue weighted by Crippen LogP contribution is 1.94. The van der Waals surface area contributed by atoms with Crippen LogP contribution in [0.25, 0.3) is 0 Å². The number of nitrogens with one attached hydrogen (secondary N) is 1. The van der Waals surface area contributed by atoms with Crippen LogP contribution in [0.1, 0.15) is 6.42 Å². The molecule has 1 amide bonds. The van der Waals surface area contributed by atoms with Gasteiger partial charge in [0.05, 0.1) is 13.2 Å². The van der Waals surface area contributed by atoms with E-state index in [0.29, 0.717) is 19.7 Å². The molecule has 1 saturated heterocycles. The number of rotatable bonds is 4. The molecule has 1 heterocycles. The van der Waals surface area contributed by atoms with Gasteiger partial charge in [-0.15, -0.1) is 0 Å². The van der Waals surface area contributed by atoms with E-state index in [0.717, 1.165) is 13.0 Å². The Labute approximate surface area is 71.8 Å². The Hall–Kier alpha value is -0.650. The lowest BCUT2D eigenvalue weighted by atomic mass is 10.4. The fourth-order valence-corrected chi connectivity index (χ4v) is 1.00. The van der Waals surface area contributed by atoms with Crippen LogP contribution in [0, 0.1) is 0 Å². The number of carbonyl (C=O) groups excluding carboxylic acids is 1. The van der Waals surface area contributed by atoms with Crippen molar-refractivity contribution in [1.29, 1.82) is 0 Å². The quantitative estimate of drug-likeness (QED) is 0.518. The molecule has 1 rings (SSSR count). The van der Waals surface area contributed by atoms with E-state index in [9.17, 15) is 4.79 Å². The Morgan fingerprint density at radius 1 is 1.67 bits per heavy atom. The first kappa shape index (κ1) is 9.44. The number of nitrogens with two attached hydrogens (primary N) is 1. The first-order valence-electron chi connectivity index (χ1n) is 4.16. The number of nitrogens with zero attached hydrogens (tertiary/aromatic N) is 1. The average molecular weight is 173 g/mol. The summed E-state index contributed by atoms with van der Waals surface area (Å²) in [4.78, 5) is 11.1. The van der Waals surface area contributed by atoms with Crippen molar-refractivity contribution in [2.75, 3.05) is 32.8 Å². The fourth-order valence-electron chi connectivity index (χ4n) is 1.00. The van der Waals surface area contributed by atoms with E-state index >= 15 is 0 Å². The molecule has 0 radical (unpaired) electrons. The van der Waals surface area contributed by atoms with Crippen molar-refractivity contribution in [2.24, 2.45) is 5.73 Å². The second-order valence-corrected chi connectivity index (χ2v) is 2.65. The first-order valence-corrected chi connectivity index (χ1v) is 4.16. The van der Waals surface area contributed by atoms with Crippen LogP contribution in [0.15, 0.2) is 0 Å². The SMILES string of the molecule is NCCCNN1CCOCC1=O. The minimum absolute atomic E-state index is 0.00160. The van der Waals surface area contributed by atoms with Crippen molar-refractivity contribution >= 4 is 5.91 Å². The standard InChI is InChI=1S/C7H15N3O2/c8-2-1-3-9-10-4-5-12-6-7(10)11/h9H,1-6,8H2. The number of carbonyl (C=O) groups is 1. The summed E-state index contributed by atoms with van der Waals surface area (Å²) in [5, 5.41) is 1.60. The van der Waals surface area contributed by atoms with E-state index in [-0.39, 0.29) is 12.5 Å². The van der Waals surface area contributed by atoms with Crippen molar-refractivity contribution < 1.29 is 9.53 Å². The number of hydrogen-bond donors (Lipinski definition) is 2. The van der Waals surface area contributed by atoms with Crippen LogP contribution in [0.4, 0.5) is 0 Å². The summed E-state index contributed by atoms with van der Waals surface area (Å²) in [5.41, 5.74) is 8.31. The number of hydrazine groups is 1. The van der Waals surface area contributed by atoms with Crippen LogP contribution in [-0.4, -0.2) is 43.8 Å².